The quantitative estimate of drug-likeness (QED) is 0.635. The summed E-state index contributed by atoms with van der Waals surface area (Å²) in [4.78, 5) is 44.2. The average Bonchev–Trinajstić information content (AvgIpc) is 2.84. The molecule has 2 aromatic carbocycles. The maximum atomic E-state index is 13.3. The Bertz CT molecular complexity index is 1350. The van der Waals surface area contributed by atoms with Crippen LogP contribution < -0.4 is 5.32 Å². The van der Waals surface area contributed by atoms with Gasteiger partial charge in [-0.25, -0.2) is 4.79 Å². The van der Waals surface area contributed by atoms with Gasteiger partial charge in [0.2, 0.25) is 5.91 Å². The standard InChI is InChI=1S/C25H23N5O4/c1-25(2,27-24(33)34-14-15-7-4-3-5-8-15)23(32)30-12-11-16-19(13-30)26-18-10-6-9-17-20(18)21(16)28-29-22(17)31/h3-10H,11-14H2,1-2H3,(H,27,33). The van der Waals surface area contributed by atoms with Gasteiger partial charge in [-0.15, -0.1) is 10.2 Å². The van der Waals surface area contributed by atoms with E-state index in [1.165, 1.54) is 0 Å². The van der Waals surface area contributed by atoms with Crippen LogP contribution in [0.15, 0.2) is 58.8 Å². The van der Waals surface area contributed by atoms with Gasteiger partial charge in [0.25, 0.3) is 5.91 Å². The molecule has 3 heterocycles. The molecule has 0 unspecified atom stereocenters. The maximum absolute atomic E-state index is 13.3. The van der Waals surface area contributed by atoms with E-state index >= 15 is 0 Å². The molecular formula is C25H23N5O4. The van der Waals surface area contributed by atoms with Crippen molar-refractivity contribution in [2.24, 2.45) is 10.2 Å². The number of carbonyl (C=O) groups excluding carboxylic acids is 3. The van der Waals surface area contributed by atoms with E-state index in [0.717, 1.165) is 16.8 Å². The van der Waals surface area contributed by atoms with Crippen LogP contribution >= 0.6 is 0 Å². The predicted octanol–water partition coefficient (Wildman–Crippen LogP) is 4.06. The van der Waals surface area contributed by atoms with Gasteiger partial charge < -0.3 is 15.0 Å². The lowest BCUT2D eigenvalue weighted by molar-refractivity contribution is -0.138. The number of hydrogen-bond donors (Lipinski definition) is 1. The minimum atomic E-state index is -1.17. The highest BCUT2D eigenvalue weighted by atomic mass is 16.5. The first-order valence-electron chi connectivity index (χ1n) is 11.0. The van der Waals surface area contributed by atoms with Gasteiger partial charge in [-0.05, 0) is 38.0 Å². The van der Waals surface area contributed by atoms with Gasteiger partial charge >= 0.3 is 6.09 Å². The molecule has 3 amide bonds. The van der Waals surface area contributed by atoms with Gasteiger partial charge in [-0.1, -0.05) is 36.4 Å². The SMILES string of the molecule is CC(C)(NC(=O)OCc1ccccc1)C(=O)N1CCc2c(nc3cccc4c3c2N=NC4=O)C1. The van der Waals surface area contributed by atoms with Crippen molar-refractivity contribution in [3.8, 4) is 0 Å². The Morgan fingerprint density at radius 2 is 1.88 bits per heavy atom. The molecule has 34 heavy (non-hydrogen) atoms. The van der Waals surface area contributed by atoms with E-state index in [-0.39, 0.29) is 25.0 Å². The van der Waals surface area contributed by atoms with Gasteiger partial charge in [-0.2, -0.15) is 0 Å². The Balaban J connectivity index is 1.32. The highest BCUT2D eigenvalue weighted by molar-refractivity contribution is 6.12. The second kappa shape index (κ2) is 8.33. The van der Waals surface area contributed by atoms with Gasteiger partial charge in [0.1, 0.15) is 17.8 Å². The van der Waals surface area contributed by atoms with Crippen LogP contribution in [0.25, 0.3) is 10.9 Å². The Labute approximate surface area is 195 Å². The third kappa shape index (κ3) is 3.89. The molecule has 1 N–H and O–H groups in total. The minimum Gasteiger partial charge on any atom is -0.445 e. The van der Waals surface area contributed by atoms with Crippen LogP contribution in [0.4, 0.5) is 10.5 Å². The van der Waals surface area contributed by atoms with Crippen molar-refractivity contribution in [3.05, 3.63) is 70.9 Å². The van der Waals surface area contributed by atoms with E-state index < -0.39 is 11.6 Å². The largest absolute Gasteiger partial charge is 0.445 e. The first-order valence-corrected chi connectivity index (χ1v) is 11.0. The third-order valence-electron chi connectivity index (χ3n) is 6.06. The Morgan fingerprint density at radius 3 is 2.68 bits per heavy atom. The number of nitrogens with one attached hydrogen (secondary N) is 1. The fourth-order valence-corrected chi connectivity index (χ4v) is 4.36. The molecule has 9 heteroatoms. The highest BCUT2D eigenvalue weighted by Gasteiger charge is 2.37. The van der Waals surface area contributed by atoms with Crippen LogP contribution in [0.2, 0.25) is 0 Å². The normalized spacial score (nSPS) is 14.6. The van der Waals surface area contributed by atoms with Crippen LogP contribution in [0.1, 0.15) is 41.0 Å². The summed E-state index contributed by atoms with van der Waals surface area (Å²) in [6, 6.07) is 14.6. The van der Waals surface area contributed by atoms with Gasteiger partial charge in [-0.3, -0.25) is 14.6 Å². The number of carbonyl (C=O) groups is 3. The van der Waals surface area contributed by atoms with Gasteiger partial charge in [0.05, 0.1) is 23.3 Å². The molecule has 0 atom stereocenters. The Hall–Kier alpha value is -4.14. The summed E-state index contributed by atoms with van der Waals surface area (Å²) >= 11 is 0. The molecule has 0 aliphatic carbocycles. The predicted molar refractivity (Wildman–Crippen MR) is 124 cm³/mol. The van der Waals surface area contributed by atoms with E-state index in [1.54, 1.807) is 30.9 Å². The topological polar surface area (TPSA) is 113 Å². The molecule has 0 spiro atoms. The number of ether oxygens (including phenoxy) is 1. The molecule has 0 fully saturated rings. The van der Waals surface area contributed by atoms with E-state index in [0.29, 0.717) is 35.1 Å². The number of alkyl carbamates (subject to hydrolysis) is 1. The van der Waals surface area contributed by atoms with Crippen molar-refractivity contribution in [1.82, 2.24) is 15.2 Å². The van der Waals surface area contributed by atoms with Crippen molar-refractivity contribution in [1.29, 1.82) is 0 Å². The molecule has 0 radical (unpaired) electrons. The molecule has 9 nitrogen and oxygen atoms in total. The number of benzene rings is 2. The summed E-state index contributed by atoms with van der Waals surface area (Å²) < 4.78 is 5.28. The van der Waals surface area contributed by atoms with Crippen molar-refractivity contribution >= 4 is 34.5 Å². The third-order valence-corrected chi connectivity index (χ3v) is 6.06. The lowest BCUT2D eigenvalue weighted by Crippen LogP contribution is -2.56. The van der Waals surface area contributed by atoms with Gasteiger partial charge in [0, 0.05) is 17.5 Å². The molecule has 0 saturated carbocycles. The van der Waals surface area contributed by atoms with Crippen molar-refractivity contribution in [2.75, 3.05) is 6.54 Å². The number of pyridine rings is 1. The molecule has 3 aromatic rings. The average molecular weight is 457 g/mol. The number of aromatic nitrogens is 1. The van der Waals surface area contributed by atoms with Crippen LogP contribution in [-0.4, -0.2) is 39.9 Å². The lowest BCUT2D eigenvalue weighted by Gasteiger charge is -2.35. The maximum Gasteiger partial charge on any atom is 0.408 e. The second-order valence-electron chi connectivity index (χ2n) is 8.88. The van der Waals surface area contributed by atoms with Crippen molar-refractivity contribution < 1.29 is 19.1 Å². The van der Waals surface area contributed by atoms with Gasteiger partial charge in [0.15, 0.2) is 0 Å². The number of nitrogens with zero attached hydrogens (tertiary/aromatic N) is 4. The summed E-state index contributed by atoms with van der Waals surface area (Å²) in [5.74, 6) is -0.615. The molecule has 2 aliphatic heterocycles. The summed E-state index contributed by atoms with van der Waals surface area (Å²) in [6.45, 7) is 4.13. The summed E-state index contributed by atoms with van der Waals surface area (Å²) in [5.41, 5.74) is 3.10. The zero-order valence-corrected chi connectivity index (χ0v) is 18.9. The lowest BCUT2D eigenvalue weighted by atomic mass is 9.95. The minimum absolute atomic E-state index is 0.118. The Kier molecular flexibility index (Phi) is 5.31. The van der Waals surface area contributed by atoms with E-state index in [9.17, 15) is 14.4 Å². The zero-order valence-electron chi connectivity index (χ0n) is 18.9. The number of azo groups is 1. The fourth-order valence-electron chi connectivity index (χ4n) is 4.36. The number of rotatable bonds is 4. The number of amides is 3. The zero-order chi connectivity index (χ0) is 23.9. The van der Waals surface area contributed by atoms with E-state index in [2.05, 4.69) is 15.5 Å². The number of fused-ring (bicyclic) bond motifs is 2. The smallest absolute Gasteiger partial charge is 0.408 e. The molecule has 0 bridgehead atoms. The summed E-state index contributed by atoms with van der Waals surface area (Å²) in [5, 5.41) is 11.3. The monoisotopic (exact) mass is 457 g/mol. The van der Waals surface area contributed by atoms with Crippen LogP contribution in [0.5, 0.6) is 0 Å². The van der Waals surface area contributed by atoms with E-state index in [4.69, 9.17) is 9.72 Å². The second-order valence-corrected chi connectivity index (χ2v) is 8.88. The first kappa shape index (κ1) is 21.7. The molecule has 172 valence electrons. The molecule has 2 aliphatic rings. The summed E-state index contributed by atoms with van der Waals surface area (Å²) in [6.07, 6.45) is -0.138. The summed E-state index contributed by atoms with van der Waals surface area (Å²) in [7, 11) is 0. The van der Waals surface area contributed by atoms with Crippen LogP contribution in [0, 0.1) is 0 Å². The highest BCUT2D eigenvalue weighted by Crippen LogP contribution is 2.39. The molecular weight excluding hydrogens is 434 g/mol. The van der Waals surface area contributed by atoms with Crippen molar-refractivity contribution in [2.45, 2.75) is 39.0 Å². The fraction of sp³-hybridized carbons (Fsp3) is 0.280. The first-order chi connectivity index (χ1) is 16.3. The molecule has 0 saturated heterocycles. The van der Waals surface area contributed by atoms with Crippen molar-refractivity contribution in [3.63, 3.8) is 0 Å². The van der Waals surface area contributed by atoms with Crippen LogP contribution in [-0.2, 0) is 29.1 Å². The molecule has 5 rings (SSSR count). The van der Waals surface area contributed by atoms with Crippen LogP contribution in [0.3, 0.4) is 0 Å². The number of hydrogen-bond acceptors (Lipinski definition) is 6. The van der Waals surface area contributed by atoms with E-state index in [1.807, 2.05) is 36.4 Å². The molecule has 1 aromatic heterocycles. The Morgan fingerprint density at radius 1 is 1.09 bits per heavy atom.